The summed E-state index contributed by atoms with van der Waals surface area (Å²) in [7, 11) is -1.68. The summed E-state index contributed by atoms with van der Waals surface area (Å²) in [5, 5.41) is 0.232. The van der Waals surface area contributed by atoms with Gasteiger partial charge in [-0.25, -0.2) is 0 Å². The number of aldehydes is 1. The fourth-order valence-electron chi connectivity index (χ4n) is 1.52. The van der Waals surface area contributed by atoms with E-state index in [2.05, 4.69) is 40.8 Å². The van der Waals surface area contributed by atoms with E-state index in [1.807, 2.05) is 0 Å². The van der Waals surface area contributed by atoms with Crippen LogP contribution in [0.25, 0.3) is 0 Å². The molecule has 1 saturated heterocycles. The second kappa shape index (κ2) is 4.59. The number of ether oxygens (including phenoxy) is 1. The van der Waals surface area contributed by atoms with Gasteiger partial charge in [0, 0.05) is 12.5 Å². The van der Waals surface area contributed by atoms with Crippen LogP contribution in [-0.4, -0.2) is 32.9 Å². The first kappa shape index (κ1) is 13.9. The van der Waals surface area contributed by atoms with E-state index in [1.165, 1.54) is 0 Å². The van der Waals surface area contributed by atoms with E-state index in [1.54, 1.807) is 0 Å². The second-order valence-corrected chi connectivity index (χ2v) is 11.0. The largest absolute Gasteiger partial charge is 0.414 e. The van der Waals surface area contributed by atoms with Crippen LogP contribution in [0.5, 0.6) is 0 Å². The molecule has 94 valence electrons. The van der Waals surface area contributed by atoms with E-state index in [0.29, 0.717) is 0 Å². The Morgan fingerprint density at radius 3 is 2.38 bits per heavy atom. The lowest BCUT2D eigenvalue weighted by atomic mass is 10.2. The number of carbonyl (C=O) groups is 1. The highest BCUT2D eigenvalue weighted by molar-refractivity contribution is 6.74. The van der Waals surface area contributed by atoms with Gasteiger partial charge in [-0.05, 0) is 25.1 Å². The molecule has 0 unspecified atom stereocenters. The van der Waals surface area contributed by atoms with Gasteiger partial charge in [0.2, 0.25) is 0 Å². The third-order valence-electron chi connectivity index (χ3n) is 3.62. The van der Waals surface area contributed by atoms with E-state index in [0.717, 1.165) is 12.7 Å². The standard InChI is InChI=1S/C12H24O3Si/c1-9(7-10-11(8-13)14-10)15-16(5,6)12(2,3)4/h8-11H,7H2,1-6H3/t9-,10-,11-/m0/s1. The molecule has 0 N–H and O–H groups in total. The van der Waals surface area contributed by atoms with Gasteiger partial charge in [-0.15, -0.1) is 0 Å². The normalized spacial score (nSPS) is 27.6. The van der Waals surface area contributed by atoms with Crippen LogP contribution in [0.2, 0.25) is 18.1 Å². The van der Waals surface area contributed by atoms with E-state index in [-0.39, 0.29) is 23.4 Å². The summed E-state index contributed by atoms with van der Waals surface area (Å²) in [6.45, 7) is 13.3. The Labute approximate surface area is 99.6 Å². The molecule has 0 spiro atoms. The van der Waals surface area contributed by atoms with Crippen molar-refractivity contribution in [3.8, 4) is 0 Å². The summed E-state index contributed by atoms with van der Waals surface area (Å²) in [5.74, 6) is 0. The Balaban J connectivity index is 2.39. The average Bonchev–Trinajstić information content (AvgIpc) is 2.79. The highest BCUT2D eigenvalue weighted by Gasteiger charge is 2.42. The molecular weight excluding hydrogens is 220 g/mol. The summed E-state index contributed by atoms with van der Waals surface area (Å²) in [6, 6.07) is 0. The number of epoxide rings is 1. The first-order valence-corrected chi connectivity index (χ1v) is 8.87. The Morgan fingerprint density at radius 2 is 2.00 bits per heavy atom. The maximum Gasteiger partial charge on any atom is 0.192 e. The van der Waals surface area contributed by atoms with Crippen molar-refractivity contribution >= 4 is 14.6 Å². The van der Waals surface area contributed by atoms with E-state index < -0.39 is 8.32 Å². The van der Waals surface area contributed by atoms with Gasteiger partial charge in [0.1, 0.15) is 6.10 Å². The maximum absolute atomic E-state index is 10.4. The quantitative estimate of drug-likeness (QED) is 0.424. The van der Waals surface area contributed by atoms with Crippen molar-refractivity contribution < 1.29 is 14.0 Å². The maximum atomic E-state index is 10.4. The molecule has 1 rings (SSSR count). The van der Waals surface area contributed by atoms with Crippen LogP contribution in [0.4, 0.5) is 0 Å². The lowest BCUT2D eigenvalue weighted by Gasteiger charge is -2.38. The predicted octanol–water partition coefficient (Wildman–Crippen LogP) is 2.75. The fourth-order valence-corrected chi connectivity index (χ4v) is 2.98. The zero-order chi connectivity index (χ0) is 12.6. The molecule has 0 bridgehead atoms. The Hall–Kier alpha value is -0.193. The van der Waals surface area contributed by atoms with Gasteiger partial charge in [0.25, 0.3) is 0 Å². The summed E-state index contributed by atoms with van der Waals surface area (Å²) < 4.78 is 11.4. The molecule has 1 aliphatic heterocycles. The average molecular weight is 244 g/mol. The molecule has 16 heavy (non-hydrogen) atoms. The van der Waals surface area contributed by atoms with Crippen LogP contribution in [-0.2, 0) is 14.0 Å². The fraction of sp³-hybridized carbons (Fsp3) is 0.917. The van der Waals surface area contributed by atoms with Crippen LogP contribution in [0.15, 0.2) is 0 Å². The summed E-state index contributed by atoms with van der Waals surface area (Å²) in [4.78, 5) is 10.4. The smallest absolute Gasteiger partial charge is 0.192 e. The Kier molecular flexibility index (Phi) is 3.98. The van der Waals surface area contributed by atoms with Gasteiger partial charge in [-0.1, -0.05) is 20.8 Å². The van der Waals surface area contributed by atoms with E-state index >= 15 is 0 Å². The molecule has 3 atom stereocenters. The molecule has 0 aromatic heterocycles. The number of hydrogen-bond acceptors (Lipinski definition) is 3. The summed E-state index contributed by atoms with van der Waals surface area (Å²) in [6.07, 6.45) is 1.80. The van der Waals surface area contributed by atoms with E-state index in [4.69, 9.17) is 9.16 Å². The van der Waals surface area contributed by atoms with Crippen molar-refractivity contribution in [3.05, 3.63) is 0 Å². The molecule has 1 heterocycles. The van der Waals surface area contributed by atoms with Crippen molar-refractivity contribution in [2.75, 3.05) is 0 Å². The SMILES string of the molecule is C[C@@H](C[C@@H]1O[C@H]1C=O)O[Si](C)(C)C(C)(C)C. The molecule has 0 saturated carbocycles. The van der Waals surface area contributed by atoms with Gasteiger partial charge in [0.15, 0.2) is 14.6 Å². The van der Waals surface area contributed by atoms with E-state index in [9.17, 15) is 4.79 Å². The molecule has 1 aliphatic rings. The first-order valence-electron chi connectivity index (χ1n) is 5.96. The predicted molar refractivity (Wildman–Crippen MR) is 67.1 cm³/mol. The van der Waals surface area contributed by atoms with Gasteiger partial charge in [-0.3, -0.25) is 0 Å². The minimum Gasteiger partial charge on any atom is -0.414 e. The van der Waals surface area contributed by atoms with Crippen LogP contribution in [0.3, 0.4) is 0 Å². The third kappa shape index (κ3) is 3.40. The zero-order valence-electron chi connectivity index (χ0n) is 11.2. The monoisotopic (exact) mass is 244 g/mol. The summed E-state index contributed by atoms with van der Waals surface area (Å²) in [5.41, 5.74) is 0. The van der Waals surface area contributed by atoms with Crippen molar-refractivity contribution in [2.24, 2.45) is 0 Å². The highest BCUT2D eigenvalue weighted by Crippen LogP contribution is 2.38. The molecule has 0 radical (unpaired) electrons. The molecule has 1 fully saturated rings. The van der Waals surface area contributed by atoms with Crippen LogP contribution in [0.1, 0.15) is 34.1 Å². The Morgan fingerprint density at radius 1 is 1.44 bits per heavy atom. The molecular formula is C12H24O3Si. The lowest BCUT2D eigenvalue weighted by Crippen LogP contribution is -2.43. The molecule has 0 aliphatic carbocycles. The van der Waals surface area contributed by atoms with Crippen molar-refractivity contribution in [2.45, 2.75) is 70.6 Å². The molecule has 0 aromatic carbocycles. The van der Waals surface area contributed by atoms with Crippen LogP contribution in [0, 0.1) is 0 Å². The number of rotatable bonds is 5. The van der Waals surface area contributed by atoms with Gasteiger partial charge in [0.05, 0.1) is 6.10 Å². The molecule has 3 nitrogen and oxygen atoms in total. The van der Waals surface area contributed by atoms with Gasteiger partial charge >= 0.3 is 0 Å². The van der Waals surface area contributed by atoms with Crippen molar-refractivity contribution in [3.63, 3.8) is 0 Å². The van der Waals surface area contributed by atoms with Crippen molar-refractivity contribution in [1.82, 2.24) is 0 Å². The zero-order valence-corrected chi connectivity index (χ0v) is 12.2. The first-order chi connectivity index (χ1) is 7.17. The van der Waals surface area contributed by atoms with Crippen LogP contribution >= 0.6 is 0 Å². The molecule has 0 amide bonds. The van der Waals surface area contributed by atoms with Crippen LogP contribution < -0.4 is 0 Å². The lowest BCUT2D eigenvalue weighted by molar-refractivity contribution is -0.108. The third-order valence-corrected chi connectivity index (χ3v) is 8.23. The molecule has 4 heteroatoms. The van der Waals surface area contributed by atoms with Crippen molar-refractivity contribution in [1.29, 1.82) is 0 Å². The second-order valence-electron chi connectivity index (χ2n) is 6.20. The summed E-state index contributed by atoms with van der Waals surface area (Å²) >= 11 is 0. The minimum absolute atomic E-state index is 0.0947. The van der Waals surface area contributed by atoms with Gasteiger partial charge < -0.3 is 14.0 Å². The number of hydrogen-bond donors (Lipinski definition) is 0. The minimum atomic E-state index is -1.68. The number of carbonyl (C=O) groups excluding carboxylic acids is 1. The highest BCUT2D eigenvalue weighted by atomic mass is 28.4. The Bertz CT molecular complexity index is 257. The van der Waals surface area contributed by atoms with Gasteiger partial charge in [-0.2, -0.15) is 0 Å². The molecule has 0 aromatic rings. The topological polar surface area (TPSA) is 38.8 Å².